The van der Waals surface area contributed by atoms with Gasteiger partial charge in [0.15, 0.2) is 6.20 Å². The fourth-order valence-electron chi connectivity index (χ4n) is 6.26. The summed E-state index contributed by atoms with van der Waals surface area (Å²) >= 11 is 0. The zero-order valence-electron chi connectivity index (χ0n) is 20.7. The van der Waals surface area contributed by atoms with E-state index in [2.05, 4.69) is 128 Å². The highest BCUT2D eigenvalue weighted by atomic mass is 16.3. The van der Waals surface area contributed by atoms with Crippen LogP contribution in [0.15, 0.2) is 114 Å². The fourth-order valence-corrected chi connectivity index (χ4v) is 6.26. The van der Waals surface area contributed by atoms with E-state index in [1.54, 1.807) is 0 Å². The molecule has 0 aliphatic rings. The maximum atomic E-state index is 6.86. The zero-order valence-corrected chi connectivity index (χ0v) is 20.7. The summed E-state index contributed by atoms with van der Waals surface area (Å²) in [6.45, 7) is 2.16. The van der Waals surface area contributed by atoms with Crippen molar-refractivity contribution in [3.63, 3.8) is 0 Å². The first kappa shape index (κ1) is 20.5. The first-order chi connectivity index (χ1) is 18.2. The monoisotopic (exact) mass is 474 g/mol. The number of rotatable bonds is 2. The lowest BCUT2D eigenvalue weighted by Crippen LogP contribution is -2.30. The molecule has 2 nitrogen and oxygen atoms in total. The summed E-state index contributed by atoms with van der Waals surface area (Å²) in [6.07, 6.45) is 2.09. The van der Waals surface area contributed by atoms with Gasteiger partial charge in [0.25, 0.3) is 0 Å². The summed E-state index contributed by atoms with van der Waals surface area (Å²) in [4.78, 5) is 0. The van der Waals surface area contributed by atoms with Crippen molar-refractivity contribution >= 4 is 54.3 Å². The van der Waals surface area contributed by atoms with Gasteiger partial charge < -0.3 is 4.42 Å². The van der Waals surface area contributed by atoms with Crippen LogP contribution in [0, 0.1) is 6.92 Å². The Bertz CT molecular complexity index is 2170. The lowest BCUT2D eigenvalue weighted by Gasteiger charge is -2.15. The first-order valence-electron chi connectivity index (χ1n) is 12.8. The predicted molar refractivity (Wildman–Crippen MR) is 154 cm³/mol. The molecule has 0 saturated carbocycles. The van der Waals surface area contributed by atoms with E-state index in [1.807, 2.05) is 0 Å². The van der Waals surface area contributed by atoms with Crippen LogP contribution >= 0.6 is 0 Å². The number of furan rings is 1. The van der Waals surface area contributed by atoms with Gasteiger partial charge in [0.1, 0.15) is 18.2 Å². The molecule has 0 atom stereocenters. The largest absolute Gasteiger partial charge is 0.454 e. The number of para-hydroxylation sites is 1. The summed E-state index contributed by atoms with van der Waals surface area (Å²) in [5, 5.41) is 10.0. The number of hydrogen-bond donors (Lipinski definition) is 0. The van der Waals surface area contributed by atoms with Gasteiger partial charge in [-0.3, -0.25) is 0 Å². The lowest BCUT2D eigenvalue weighted by molar-refractivity contribution is -0.660. The molecule has 2 heterocycles. The van der Waals surface area contributed by atoms with E-state index in [1.165, 1.54) is 43.4 Å². The number of pyridine rings is 1. The van der Waals surface area contributed by atoms with E-state index < -0.39 is 0 Å². The number of nitrogens with zero attached hydrogens (tertiary/aromatic N) is 1. The highest BCUT2D eigenvalue weighted by molar-refractivity contribution is 6.27. The third kappa shape index (κ3) is 2.78. The van der Waals surface area contributed by atoms with Crippen LogP contribution < -0.4 is 4.57 Å². The molecule has 37 heavy (non-hydrogen) atoms. The van der Waals surface area contributed by atoms with Crippen LogP contribution in [0.25, 0.3) is 76.6 Å². The zero-order chi connectivity index (χ0) is 24.7. The Balaban J connectivity index is 1.51. The van der Waals surface area contributed by atoms with Crippen molar-refractivity contribution in [3.8, 4) is 22.4 Å². The minimum absolute atomic E-state index is 0.942. The maximum absolute atomic E-state index is 6.86. The van der Waals surface area contributed by atoms with Crippen molar-refractivity contribution in [3.05, 3.63) is 115 Å². The Morgan fingerprint density at radius 1 is 0.568 bits per heavy atom. The second kappa shape index (κ2) is 7.41. The highest BCUT2D eigenvalue weighted by Crippen LogP contribution is 2.44. The lowest BCUT2D eigenvalue weighted by atomic mass is 9.88. The molecule has 2 heteroatoms. The van der Waals surface area contributed by atoms with Gasteiger partial charge in [-0.25, -0.2) is 4.57 Å². The van der Waals surface area contributed by atoms with Crippen LogP contribution in [0.1, 0.15) is 5.56 Å². The number of aryl methyl sites for hydroxylation is 2. The number of fused-ring (bicyclic) bond motifs is 3. The molecular formula is C35H24NO+. The quantitative estimate of drug-likeness (QED) is 0.180. The predicted octanol–water partition coefficient (Wildman–Crippen LogP) is 8.95. The third-order valence-electron chi connectivity index (χ3n) is 7.98. The molecule has 0 fully saturated rings. The fraction of sp³-hybridized carbons (Fsp3) is 0.0571. The van der Waals surface area contributed by atoms with E-state index in [9.17, 15) is 0 Å². The molecule has 174 valence electrons. The minimum Gasteiger partial charge on any atom is -0.454 e. The Labute approximate surface area is 214 Å². The molecule has 8 aromatic rings. The van der Waals surface area contributed by atoms with Crippen LogP contribution in [0.4, 0.5) is 0 Å². The Kier molecular flexibility index (Phi) is 4.10. The van der Waals surface area contributed by atoms with Crippen LogP contribution in [0.3, 0.4) is 0 Å². The molecule has 0 aliphatic carbocycles. The minimum atomic E-state index is 0.942. The topological polar surface area (TPSA) is 17.0 Å². The molecule has 0 unspecified atom stereocenters. The molecule has 0 N–H and O–H groups in total. The van der Waals surface area contributed by atoms with Crippen LogP contribution in [0.2, 0.25) is 0 Å². The van der Waals surface area contributed by atoms with E-state index in [0.29, 0.717) is 0 Å². The van der Waals surface area contributed by atoms with Crippen molar-refractivity contribution in [1.29, 1.82) is 0 Å². The van der Waals surface area contributed by atoms with Gasteiger partial charge in [0.2, 0.25) is 5.69 Å². The van der Waals surface area contributed by atoms with Gasteiger partial charge >= 0.3 is 0 Å². The smallest absolute Gasteiger partial charge is 0.216 e. The molecule has 2 aromatic heterocycles. The molecule has 0 saturated heterocycles. The second-order valence-electron chi connectivity index (χ2n) is 10.1. The van der Waals surface area contributed by atoms with Crippen molar-refractivity contribution in [2.24, 2.45) is 7.05 Å². The summed E-state index contributed by atoms with van der Waals surface area (Å²) in [5.41, 5.74) is 7.74. The first-order valence-corrected chi connectivity index (χ1v) is 12.8. The third-order valence-corrected chi connectivity index (χ3v) is 7.98. The molecule has 0 radical (unpaired) electrons. The normalized spacial score (nSPS) is 12.1. The van der Waals surface area contributed by atoms with Crippen molar-refractivity contribution in [1.82, 2.24) is 0 Å². The summed E-state index contributed by atoms with van der Waals surface area (Å²) in [7, 11) is 2.09. The van der Waals surface area contributed by atoms with E-state index in [-0.39, 0.29) is 0 Å². The standard InChI is InChI=1S/C35H24NO/c1-21-15-18-28-26-12-7-13-27(34(26)37-35(28)31(21)30-14-3-4-19-36(30)2)29-20-24-10-5-8-22-16-17-23-9-6-11-25(29)33(23)32(22)24/h3-20H,1-2H3/q+1. The van der Waals surface area contributed by atoms with Gasteiger partial charge in [-0.05, 0) is 62.5 Å². The van der Waals surface area contributed by atoms with E-state index in [0.717, 1.165) is 38.8 Å². The van der Waals surface area contributed by atoms with Gasteiger partial charge in [0.05, 0.1) is 5.56 Å². The van der Waals surface area contributed by atoms with E-state index >= 15 is 0 Å². The molecular weight excluding hydrogens is 450 g/mol. The number of hydrogen-bond acceptors (Lipinski definition) is 1. The van der Waals surface area contributed by atoms with E-state index in [4.69, 9.17) is 4.42 Å². The van der Waals surface area contributed by atoms with Crippen molar-refractivity contribution < 1.29 is 8.98 Å². The second-order valence-corrected chi connectivity index (χ2v) is 10.1. The van der Waals surface area contributed by atoms with Crippen molar-refractivity contribution in [2.45, 2.75) is 6.92 Å². The van der Waals surface area contributed by atoms with Crippen LogP contribution in [-0.2, 0) is 7.05 Å². The molecule has 0 aliphatic heterocycles. The molecule has 8 rings (SSSR count). The molecule has 0 spiro atoms. The van der Waals surface area contributed by atoms with Gasteiger partial charge in [0, 0.05) is 28.5 Å². The van der Waals surface area contributed by atoms with Crippen LogP contribution in [-0.4, -0.2) is 0 Å². The van der Waals surface area contributed by atoms with Gasteiger partial charge in [-0.2, -0.15) is 0 Å². The molecule has 6 aromatic carbocycles. The summed E-state index contributed by atoms with van der Waals surface area (Å²) in [6, 6.07) is 37.3. The molecule has 0 bridgehead atoms. The average Bonchev–Trinajstić information content (AvgIpc) is 3.31. The molecule has 0 amide bonds. The average molecular weight is 475 g/mol. The Morgan fingerprint density at radius 3 is 2.16 bits per heavy atom. The SMILES string of the molecule is Cc1ccc2c(oc3c(-c4cc5cccc6ccc7cccc4c7c65)cccc32)c1-c1cccc[n+]1C. The number of benzene rings is 6. The highest BCUT2D eigenvalue weighted by Gasteiger charge is 2.22. The maximum Gasteiger partial charge on any atom is 0.216 e. The van der Waals surface area contributed by atoms with Crippen LogP contribution in [0.5, 0.6) is 0 Å². The summed E-state index contributed by atoms with van der Waals surface area (Å²) < 4.78 is 9.03. The van der Waals surface area contributed by atoms with Crippen molar-refractivity contribution in [2.75, 3.05) is 0 Å². The Morgan fingerprint density at radius 2 is 1.30 bits per heavy atom. The summed E-state index contributed by atoms with van der Waals surface area (Å²) in [5.74, 6) is 0. The van der Waals surface area contributed by atoms with Gasteiger partial charge in [-0.1, -0.05) is 78.9 Å². The van der Waals surface area contributed by atoms with Gasteiger partial charge in [-0.15, -0.1) is 0 Å². The number of aromatic nitrogens is 1. The Hall–Kier alpha value is -4.69.